The summed E-state index contributed by atoms with van der Waals surface area (Å²) >= 11 is 0. The minimum Gasteiger partial charge on any atom is -0.324 e. The van der Waals surface area contributed by atoms with E-state index in [4.69, 9.17) is 0 Å². The number of nitrogens with one attached hydrogen (secondary N) is 2. The lowest BCUT2D eigenvalue weighted by atomic mass is 10.0. The highest BCUT2D eigenvalue weighted by Gasteiger charge is 2.26. The molecule has 0 spiro atoms. The molecule has 1 atom stereocenters. The Kier molecular flexibility index (Phi) is 5.35. The van der Waals surface area contributed by atoms with E-state index in [1.165, 1.54) is 17.7 Å². The molecule has 1 aliphatic rings. The van der Waals surface area contributed by atoms with Crippen LogP contribution in [0.2, 0.25) is 0 Å². The molecule has 7 heteroatoms. The Hall–Kier alpha value is -3.48. The molecule has 1 amide bonds. The first-order valence-electron chi connectivity index (χ1n) is 9.97. The summed E-state index contributed by atoms with van der Waals surface area (Å²) in [6, 6.07) is 14.2. The first kappa shape index (κ1) is 19.8. The summed E-state index contributed by atoms with van der Waals surface area (Å²) in [7, 11) is 0. The number of aryl methyl sites for hydroxylation is 1. The molecule has 0 fully saturated rings. The third-order valence-corrected chi connectivity index (χ3v) is 4.88. The number of halogens is 1. The minimum absolute atomic E-state index is 0.127. The van der Waals surface area contributed by atoms with E-state index in [1.807, 2.05) is 51.1 Å². The van der Waals surface area contributed by atoms with Gasteiger partial charge in [0.2, 0.25) is 11.9 Å². The number of carbonyl (C=O) groups is 1. The van der Waals surface area contributed by atoms with E-state index < -0.39 is 0 Å². The molecule has 6 nitrogen and oxygen atoms in total. The smallest absolute Gasteiger partial charge is 0.250 e. The fraction of sp³-hybridized carbons (Fsp3) is 0.261. The van der Waals surface area contributed by atoms with Gasteiger partial charge in [0.15, 0.2) is 0 Å². The van der Waals surface area contributed by atoms with Crippen LogP contribution >= 0.6 is 0 Å². The molecule has 1 aromatic heterocycles. The standard InChI is InChI=1S/C23H24FN5O/c1-14(2)12-21(30)26-22-27-23-25-19(16-6-4-15(3)5-7-16)13-20(29(23)28-22)17-8-10-18(24)11-9-17/h4-11,13-14,20H,12H2,1-3H3,(H2,25,26,27,28,30)/t20-/m0/s1. The van der Waals surface area contributed by atoms with Crippen molar-refractivity contribution in [3.63, 3.8) is 0 Å². The first-order valence-corrected chi connectivity index (χ1v) is 9.97. The number of nitrogens with zero attached hydrogens (tertiary/aromatic N) is 3. The molecule has 2 heterocycles. The highest BCUT2D eigenvalue weighted by Crippen LogP contribution is 2.33. The monoisotopic (exact) mass is 405 g/mol. The van der Waals surface area contributed by atoms with Crippen molar-refractivity contribution in [2.24, 2.45) is 5.92 Å². The number of carbonyl (C=O) groups excluding carboxylic acids is 1. The zero-order valence-electron chi connectivity index (χ0n) is 17.2. The molecule has 30 heavy (non-hydrogen) atoms. The van der Waals surface area contributed by atoms with Gasteiger partial charge in [-0.05, 0) is 42.2 Å². The van der Waals surface area contributed by atoms with Gasteiger partial charge in [-0.2, -0.15) is 4.98 Å². The van der Waals surface area contributed by atoms with Gasteiger partial charge in [-0.15, -0.1) is 5.10 Å². The van der Waals surface area contributed by atoms with Crippen LogP contribution in [0.4, 0.5) is 16.3 Å². The molecule has 2 aromatic carbocycles. The number of amides is 1. The quantitative estimate of drug-likeness (QED) is 0.642. The second-order valence-corrected chi connectivity index (χ2v) is 7.92. The molecule has 1 aliphatic heterocycles. The summed E-state index contributed by atoms with van der Waals surface area (Å²) in [5, 5.41) is 10.6. The van der Waals surface area contributed by atoms with Gasteiger partial charge in [0, 0.05) is 12.1 Å². The van der Waals surface area contributed by atoms with E-state index >= 15 is 0 Å². The van der Waals surface area contributed by atoms with E-state index in [-0.39, 0.29) is 29.6 Å². The van der Waals surface area contributed by atoms with Crippen LogP contribution in [0.15, 0.2) is 54.6 Å². The van der Waals surface area contributed by atoms with Crippen molar-refractivity contribution in [2.45, 2.75) is 33.2 Å². The number of rotatable bonds is 5. The molecule has 0 bridgehead atoms. The maximum Gasteiger partial charge on any atom is 0.250 e. The molecule has 0 aliphatic carbocycles. The Morgan fingerprint density at radius 3 is 2.53 bits per heavy atom. The van der Waals surface area contributed by atoms with Gasteiger partial charge in [0.25, 0.3) is 5.95 Å². The molecule has 0 radical (unpaired) electrons. The third-order valence-electron chi connectivity index (χ3n) is 4.88. The predicted octanol–water partition coefficient (Wildman–Crippen LogP) is 4.77. The molecule has 2 N–H and O–H groups in total. The Balaban J connectivity index is 1.71. The van der Waals surface area contributed by atoms with E-state index in [2.05, 4.69) is 20.7 Å². The lowest BCUT2D eigenvalue weighted by molar-refractivity contribution is -0.116. The number of hydrogen-bond donors (Lipinski definition) is 2. The number of hydrogen-bond acceptors (Lipinski definition) is 4. The predicted molar refractivity (Wildman–Crippen MR) is 115 cm³/mol. The molecule has 0 unspecified atom stereocenters. The molecular formula is C23H24FN5O. The zero-order valence-corrected chi connectivity index (χ0v) is 17.2. The van der Waals surface area contributed by atoms with Crippen LogP contribution in [0.5, 0.6) is 0 Å². The fourth-order valence-electron chi connectivity index (χ4n) is 3.39. The summed E-state index contributed by atoms with van der Waals surface area (Å²) in [4.78, 5) is 16.6. The van der Waals surface area contributed by atoms with Crippen molar-refractivity contribution in [2.75, 3.05) is 10.6 Å². The van der Waals surface area contributed by atoms with Gasteiger partial charge < -0.3 is 5.32 Å². The van der Waals surface area contributed by atoms with Gasteiger partial charge in [-0.1, -0.05) is 55.8 Å². The largest absolute Gasteiger partial charge is 0.324 e. The lowest BCUT2D eigenvalue weighted by Crippen LogP contribution is -2.20. The average Bonchev–Trinajstić information content (AvgIpc) is 3.10. The number of benzene rings is 2. The van der Waals surface area contributed by atoms with Crippen molar-refractivity contribution in [1.29, 1.82) is 0 Å². The van der Waals surface area contributed by atoms with Crippen LogP contribution in [-0.4, -0.2) is 20.7 Å². The van der Waals surface area contributed by atoms with Crippen LogP contribution in [0.1, 0.15) is 43.0 Å². The molecule has 3 aromatic rings. The topological polar surface area (TPSA) is 71.8 Å². The lowest BCUT2D eigenvalue weighted by Gasteiger charge is -2.24. The normalized spacial score (nSPS) is 15.4. The Morgan fingerprint density at radius 1 is 1.17 bits per heavy atom. The van der Waals surface area contributed by atoms with Crippen molar-refractivity contribution >= 4 is 23.5 Å². The number of allylic oxidation sites excluding steroid dienone is 1. The maximum atomic E-state index is 13.5. The molecule has 0 saturated carbocycles. The van der Waals surface area contributed by atoms with E-state index in [9.17, 15) is 9.18 Å². The Morgan fingerprint density at radius 2 is 1.87 bits per heavy atom. The Bertz CT molecular complexity index is 1080. The van der Waals surface area contributed by atoms with Crippen LogP contribution in [0, 0.1) is 18.7 Å². The molecular weight excluding hydrogens is 381 g/mol. The summed E-state index contributed by atoms with van der Waals surface area (Å²) in [6.45, 7) is 6.00. The fourth-order valence-corrected chi connectivity index (χ4v) is 3.39. The van der Waals surface area contributed by atoms with Gasteiger partial charge in [0.05, 0.1) is 0 Å². The third kappa shape index (κ3) is 4.25. The highest BCUT2D eigenvalue weighted by atomic mass is 19.1. The van der Waals surface area contributed by atoms with Crippen LogP contribution in [0.3, 0.4) is 0 Å². The van der Waals surface area contributed by atoms with Crippen LogP contribution < -0.4 is 10.6 Å². The maximum absolute atomic E-state index is 13.5. The van der Waals surface area contributed by atoms with Gasteiger partial charge in [-0.3, -0.25) is 10.1 Å². The summed E-state index contributed by atoms with van der Waals surface area (Å²) in [5.41, 5.74) is 3.92. The highest BCUT2D eigenvalue weighted by molar-refractivity contribution is 5.89. The zero-order chi connectivity index (χ0) is 21.3. The Labute approximate surface area is 174 Å². The molecule has 4 rings (SSSR count). The number of aromatic nitrogens is 3. The van der Waals surface area contributed by atoms with Gasteiger partial charge >= 0.3 is 0 Å². The van der Waals surface area contributed by atoms with E-state index in [0.717, 1.165) is 16.8 Å². The van der Waals surface area contributed by atoms with Gasteiger partial charge in [0.1, 0.15) is 11.9 Å². The summed E-state index contributed by atoms with van der Waals surface area (Å²) in [6.07, 6.45) is 2.42. The van der Waals surface area contributed by atoms with E-state index in [1.54, 1.807) is 16.8 Å². The average molecular weight is 405 g/mol. The van der Waals surface area contributed by atoms with Crippen molar-refractivity contribution in [3.8, 4) is 0 Å². The van der Waals surface area contributed by atoms with E-state index in [0.29, 0.717) is 12.4 Å². The van der Waals surface area contributed by atoms with Crippen molar-refractivity contribution < 1.29 is 9.18 Å². The SMILES string of the molecule is Cc1ccc(C2=C[C@@H](c3ccc(F)cc3)n3nc(NC(=O)CC(C)C)nc3N2)cc1. The van der Waals surface area contributed by atoms with Crippen molar-refractivity contribution in [1.82, 2.24) is 14.8 Å². The summed E-state index contributed by atoms with van der Waals surface area (Å²) < 4.78 is 15.2. The molecule has 0 saturated heterocycles. The second kappa shape index (κ2) is 8.10. The van der Waals surface area contributed by atoms with Gasteiger partial charge in [-0.25, -0.2) is 9.07 Å². The van der Waals surface area contributed by atoms with Crippen LogP contribution in [-0.2, 0) is 4.79 Å². The summed E-state index contributed by atoms with van der Waals surface area (Å²) in [5.74, 6) is 0.576. The minimum atomic E-state index is -0.295. The number of fused-ring (bicyclic) bond motifs is 1. The molecule has 154 valence electrons. The van der Waals surface area contributed by atoms with Crippen LogP contribution in [0.25, 0.3) is 5.70 Å². The first-order chi connectivity index (χ1) is 14.4. The van der Waals surface area contributed by atoms with Crippen molar-refractivity contribution in [3.05, 3.63) is 77.1 Å². The number of anilines is 2. The second-order valence-electron chi connectivity index (χ2n) is 7.92.